The predicted molar refractivity (Wildman–Crippen MR) is 177 cm³/mol. The molecule has 1 spiro atoms. The molecule has 258 valence electrons. The molecule has 12 nitrogen and oxygen atoms in total. The van der Waals surface area contributed by atoms with Crippen LogP contribution in [0.1, 0.15) is 82.4 Å². The minimum atomic E-state index is -3.92. The second kappa shape index (κ2) is 11.7. The second-order valence-corrected chi connectivity index (χ2v) is 17.0. The van der Waals surface area contributed by atoms with Gasteiger partial charge in [0, 0.05) is 29.7 Å². The SMILES string of the molecule is COc1ccc2nc(C)c3c(c2c1)CC[C@]1(CC2C(=O)N[C@]4(C(=O)NS(=O)(=O)C5(C)CC5)C[C@H]4/C=C\CCCCC[C@H]([NH3+])C(=O)N2C1)O3. The molecule has 48 heavy (non-hydrogen) atoms. The third kappa shape index (κ3) is 5.62. The fourth-order valence-corrected chi connectivity index (χ4v) is 9.05. The number of sulfonamides is 1. The van der Waals surface area contributed by atoms with Crippen LogP contribution in [0.5, 0.6) is 11.5 Å². The van der Waals surface area contributed by atoms with E-state index < -0.39 is 49.8 Å². The Morgan fingerprint density at radius 1 is 1.17 bits per heavy atom. The number of quaternary nitrogens is 1. The van der Waals surface area contributed by atoms with Crippen molar-refractivity contribution >= 4 is 38.6 Å². The van der Waals surface area contributed by atoms with E-state index in [9.17, 15) is 22.8 Å². The highest BCUT2D eigenvalue weighted by molar-refractivity contribution is 7.91. The summed E-state index contributed by atoms with van der Waals surface area (Å²) in [4.78, 5) is 48.5. The number of carbonyl (C=O) groups excluding carboxylic acids is 3. The Labute approximate surface area is 281 Å². The maximum absolute atomic E-state index is 14.3. The molecule has 5 N–H and O–H groups in total. The van der Waals surface area contributed by atoms with E-state index in [1.807, 2.05) is 37.3 Å². The quantitative estimate of drug-likeness (QED) is 0.413. The minimum absolute atomic E-state index is 0.195. The summed E-state index contributed by atoms with van der Waals surface area (Å²) in [6.45, 7) is 3.72. The number of methoxy groups -OCH3 is 1. The number of amides is 3. The Morgan fingerprint density at radius 2 is 1.96 bits per heavy atom. The van der Waals surface area contributed by atoms with Gasteiger partial charge in [0.25, 0.3) is 11.8 Å². The smallest absolute Gasteiger partial charge is 0.281 e. The molecular weight excluding hydrogens is 634 g/mol. The van der Waals surface area contributed by atoms with E-state index in [0.717, 1.165) is 53.6 Å². The summed E-state index contributed by atoms with van der Waals surface area (Å²) >= 11 is 0. The Kier molecular flexibility index (Phi) is 8.01. The highest BCUT2D eigenvalue weighted by Gasteiger charge is 2.64. The predicted octanol–water partition coefficient (Wildman–Crippen LogP) is 2.22. The van der Waals surface area contributed by atoms with Crippen molar-refractivity contribution in [2.75, 3.05) is 13.7 Å². The maximum Gasteiger partial charge on any atom is 0.281 e. The molecule has 1 aromatic heterocycles. The van der Waals surface area contributed by atoms with Crippen LogP contribution in [0.3, 0.4) is 0 Å². The number of rotatable bonds is 4. The summed E-state index contributed by atoms with van der Waals surface area (Å²) in [6, 6.07) is 4.30. The van der Waals surface area contributed by atoms with Gasteiger partial charge < -0.3 is 25.4 Å². The normalized spacial score (nSPS) is 32.1. The molecule has 3 amide bonds. The molecule has 3 fully saturated rings. The van der Waals surface area contributed by atoms with Crippen molar-refractivity contribution in [3.05, 3.63) is 41.6 Å². The van der Waals surface area contributed by atoms with Crippen LogP contribution in [-0.2, 0) is 30.8 Å². The zero-order valence-electron chi connectivity index (χ0n) is 28.0. The van der Waals surface area contributed by atoms with E-state index in [2.05, 4.69) is 15.8 Å². The molecule has 5 atom stereocenters. The zero-order chi connectivity index (χ0) is 34.1. The number of aromatic nitrogens is 1. The van der Waals surface area contributed by atoms with E-state index in [1.54, 1.807) is 18.9 Å². The highest BCUT2D eigenvalue weighted by atomic mass is 32.2. The van der Waals surface area contributed by atoms with Crippen molar-refractivity contribution < 1.29 is 38.0 Å². The van der Waals surface area contributed by atoms with Crippen LogP contribution in [0.4, 0.5) is 0 Å². The molecule has 0 radical (unpaired) electrons. The lowest BCUT2D eigenvalue weighted by Gasteiger charge is -2.36. The van der Waals surface area contributed by atoms with Gasteiger partial charge in [-0.25, -0.2) is 13.4 Å². The number of benzene rings is 1. The van der Waals surface area contributed by atoms with Gasteiger partial charge in [-0.1, -0.05) is 18.6 Å². The van der Waals surface area contributed by atoms with Gasteiger partial charge in [0.15, 0.2) is 6.04 Å². The summed E-state index contributed by atoms with van der Waals surface area (Å²) in [7, 11) is -2.30. The Morgan fingerprint density at radius 3 is 2.71 bits per heavy atom. The molecule has 0 bridgehead atoms. The van der Waals surface area contributed by atoms with Crippen molar-refractivity contribution in [1.29, 1.82) is 0 Å². The summed E-state index contributed by atoms with van der Waals surface area (Å²) in [6.07, 6.45) is 10.7. The first-order chi connectivity index (χ1) is 22.8. The number of nitrogens with zero attached hydrogens (tertiary/aromatic N) is 2. The molecule has 2 aliphatic carbocycles. The number of pyridine rings is 1. The fraction of sp³-hybridized carbons (Fsp3) is 0.600. The number of ether oxygens (including phenoxy) is 2. The van der Waals surface area contributed by atoms with Crippen LogP contribution in [0.15, 0.2) is 30.4 Å². The van der Waals surface area contributed by atoms with Gasteiger partial charge in [-0.3, -0.25) is 19.1 Å². The standard InChI is InChI=1S/C35H45N5O7S/c1-21-29-24(25-17-23(46-3)11-12-27(25)37-21)13-14-34(47-29)19-28-30(41)38-35(32(43)39-48(44,45)33(2)15-16-33)18-22(35)9-7-5-4-6-8-10-26(36)31(42)40(28)20-34/h7,9,11-12,17,22,26,28H,4-6,8,10,13-16,18-20,36H2,1-3H3,(H,38,41)(H,39,43)/p+1/b9-7-/t22-,26+,28?,34-,35-/m1/s1. The van der Waals surface area contributed by atoms with Crippen molar-refractivity contribution in [2.24, 2.45) is 5.92 Å². The van der Waals surface area contributed by atoms with Crippen molar-refractivity contribution in [1.82, 2.24) is 19.9 Å². The summed E-state index contributed by atoms with van der Waals surface area (Å²) < 4.78 is 39.7. The van der Waals surface area contributed by atoms with Crippen molar-refractivity contribution in [3.8, 4) is 11.5 Å². The molecule has 3 aliphatic heterocycles. The molecule has 1 saturated heterocycles. The van der Waals surface area contributed by atoms with Crippen LogP contribution in [0, 0.1) is 12.8 Å². The fourth-order valence-electron chi connectivity index (χ4n) is 7.74. The van der Waals surface area contributed by atoms with Crippen molar-refractivity contribution in [3.63, 3.8) is 0 Å². The second-order valence-electron chi connectivity index (χ2n) is 14.8. The lowest BCUT2D eigenvalue weighted by Crippen LogP contribution is -2.69. The number of hydrogen-bond acceptors (Lipinski definition) is 8. The molecule has 2 aromatic rings. The molecule has 1 aromatic carbocycles. The lowest BCUT2D eigenvalue weighted by molar-refractivity contribution is -0.407. The molecule has 4 heterocycles. The van der Waals surface area contributed by atoms with Crippen LogP contribution in [0.2, 0.25) is 0 Å². The third-order valence-electron chi connectivity index (χ3n) is 11.3. The van der Waals surface area contributed by atoms with Gasteiger partial charge in [-0.05, 0) is 83.4 Å². The van der Waals surface area contributed by atoms with E-state index in [0.29, 0.717) is 37.9 Å². The Balaban J connectivity index is 1.21. The first kappa shape index (κ1) is 32.8. The summed E-state index contributed by atoms with van der Waals surface area (Å²) in [5, 5.41) is 3.91. The van der Waals surface area contributed by atoms with E-state index in [-0.39, 0.29) is 31.2 Å². The monoisotopic (exact) mass is 680 g/mol. The van der Waals surface area contributed by atoms with Gasteiger partial charge in [0.2, 0.25) is 15.9 Å². The largest absolute Gasteiger partial charge is 0.497 e. The van der Waals surface area contributed by atoms with Gasteiger partial charge in [0.05, 0.1) is 29.6 Å². The number of hydrogen-bond donors (Lipinski definition) is 3. The van der Waals surface area contributed by atoms with E-state index in [1.165, 1.54) is 0 Å². The highest BCUT2D eigenvalue weighted by Crippen LogP contribution is 2.49. The molecule has 2 saturated carbocycles. The van der Waals surface area contributed by atoms with Crippen LogP contribution >= 0.6 is 0 Å². The van der Waals surface area contributed by atoms with Gasteiger partial charge in [-0.15, -0.1) is 0 Å². The minimum Gasteiger partial charge on any atom is -0.497 e. The number of allylic oxidation sites excluding steroid dienone is 1. The first-order valence-corrected chi connectivity index (χ1v) is 18.6. The number of fused-ring (bicyclic) bond motifs is 5. The lowest BCUT2D eigenvalue weighted by atomic mass is 9.87. The zero-order valence-corrected chi connectivity index (χ0v) is 28.8. The molecule has 1 unspecified atom stereocenters. The number of nitrogens with one attached hydrogen (secondary N) is 2. The summed E-state index contributed by atoms with van der Waals surface area (Å²) in [5.41, 5.74) is 4.51. The van der Waals surface area contributed by atoms with Crippen LogP contribution < -0.4 is 25.2 Å². The number of aryl methyl sites for hydroxylation is 2. The number of carbonyl (C=O) groups is 3. The van der Waals surface area contributed by atoms with Crippen LogP contribution in [-0.4, -0.2) is 77.6 Å². The molecular formula is C35H46N5O7S+. The van der Waals surface area contributed by atoms with Gasteiger partial charge in [-0.2, -0.15) is 0 Å². The van der Waals surface area contributed by atoms with E-state index in [4.69, 9.17) is 14.5 Å². The van der Waals surface area contributed by atoms with Gasteiger partial charge >= 0.3 is 0 Å². The summed E-state index contributed by atoms with van der Waals surface area (Å²) in [5.74, 6) is -0.415. The van der Waals surface area contributed by atoms with Gasteiger partial charge in [0.1, 0.15) is 28.7 Å². The Bertz CT molecular complexity index is 1820. The maximum atomic E-state index is 14.3. The Hall–Kier alpha value is -3.71. The third-order valence-corrected chi connectivity index (χ3v) is 13.5. The average Bonchev–Trinajstić information content (AvgIpc) is 3.95. The first-order valence-electron chi connectivity index (χ1n) is 17.2. The van der Waals surface area contributed by atoms with Crippen LogP contribution in [0.25, 0.3) is 10.9 Å². The van der Waals surface area contributed by atoms with E-state index >= 15 is 0 Å². The average molecular weight is 681 g/mol. The molecule has 13 heteroatoms. The molecule has 7 rings (SSSR count). The van der Waals surface area contributed by atoms with Crippen molar-refractivity contribution in [2.45, 2.75) is 112 Å². The molecule has 5 aliphatic rings. The topological polar surface area (TPSA) is 172 Å².